The number of ether oxygens (including phenoxy) is 1. The van der Waals surface area contributed by atoms with Crippen molar-refractivity contribution < 1.29 is 4.74 Å². The molecule has 1 spiro atoms. The second-order valence-corrected chi connectivity index (χ2v) is 8.71. The van der Waals surface area contributed by atoms with Gasteiger partial charge in [-0.3, -0.25) is 4.90 Å². The highest BCUT2D eigenvalue weighted by Crippen LogP contribution is 2.37. The average molecular weight is 359 g/mol. The molecule has 2 atom stereocenters. The summed E-state index contributed by atoms with van der Waals surface area (Å²) in [6, 6.07) is 6.69. The lowest BCUT2D eigenvalue weighted by molar-refractivity contribution is -0.0531. The van der Waals surface area contributed by atoms with Gasteiger partial charge in [-0.05, 0) is 44.5 Å². The highest BCUT2D eigenvalue weighted by atomic mass is 32.1. The van der Waals surface area contributed by atoms with Crippen LogP contribution in [-0.2, 0) is 11.3 Å². The van der Waals surface area contributed by atoms with Crippen LogP contribution in [0.3, 0.4) is 0 Å². The fourth-order valence-electron chi connectivity index (χ4n) is 4.11. The third-order valence-electron chi connectivity index (χ3n) is 5.40. The van der Waals surface area contributed by atoms with E-state index in [0.29, 0.717) is 6.04 Å². The molecule has 2 saturated heterocycles. The first kappa shape index (κ1) is 16.9. The molecule has 0 aromatic carbocycles. The molecule has 4 heterocycles. The minimum Gasteiger partial charge on any atom is -0.371 e. The fraction of sp³-hybridized carbons (Fsp3) is 0.579. The van der Waals surface area contributed by atoms with Crippen molar-refractivity contribution in [2.75, 3.05) is 31.6 Å². The number of aromatic nitrogens is 2. The van der Waals surface area contributed by atoms with Gasteiger partial charge in [-0.1, -0.05) is 0 Å². The van der Waals surface area contributed by atoms with Gasteiger partial charge in [0.05, 0.1) is 18.2 Å². The maximum absolute atomic E-state index is 6.37. The molecular formula is C19H26N4OS. The molecule has 2 fully saturated rings. The number of rotatable bonds is 4. The first-order chi connectivity index (χ1) is 12.1. The predicted molar refractivity (Wildman–Crippen MR) is 101 cm³/mol. The molecule has 0 radical (unpaired) electrons. The van der Waals surface area contributed by atoms with Crippen LogP contribution in [0.2, 0.25) is 0 Å². The van der Waals surface area contributed by atoms with E-state index in [1.165, 1.54) is 22.7 Å². The van der Waals surface area contributed by atoms with E-state index in [4.69, 9.17) is 4.74 Å². The van der Waals surface area contributed by atoms with Gasteiger partial charge in [-0.25, -0.2) is 9.97 Å². The van der Waals surface area contributed by atoms with E-state index in [1.807, 2.05) is 17.4 Å². The molecule has 2 aliphatic heterocycles. The van der Waals surface area contributed by atoms with E-state index in [2.05, 4.69) is 45.9 Å². The standard InChI is InChI=1S/C19H26N4OS/c1-15-5-6-17(25-15)12-23-10-3-7-19(14-23)11-16(13-24-19)22(2)18-20-8-4-9-21-18/h4-6,8-9,16H,3,7,10-14H2,1-2H3/t16-,19+/m1/s1. The monoisotopic (exact) mass is 358 g/mol. The third-order valence-corrected chi connectivity index (χ3v) is 6.38. The maximum atomic E-state index is 6.37. The van der Waals surface area contributed by atoms with Crippen LogP contribution < -0.4 is 4.90 Å². The summed E-state index contributed by atoms with van der Waals surface area (Å²) in [4.78, 5) is 16.4. The summed E-state index contributed by atoms with van der Waals surface area (Å²) < 4.78 is 6.37. The van der Waals surface area contributed by atoms with E-state index in [-0.39, 0.29) is 5.60 Å². The van der Waals surface area contributed by atoms with Crippen LogP contribution in [0.5, 0.6) is 0 Å². The highest BCUT2D eigenvalue weighted by molar-refractivity contribution is 7.11. The van der Waals surface area contributed by atoms with Gasteiger partial charge >= 0.3 is 0 Å². The fourth-order valence-corrected chi connectivity index (χ4v) is 5.04. The molecule has 0 unspecified atom stereocenters. The Morgan fingerprint density at radius 1 is 1.36 bits per heavy atom. The molecule has 0 amide bonds. The maximum Gasteiger partial charge on any atom is 0.225 e. The quantitative estimate of drug-likeness (QED) is 0.840. The van der Waals surface area contributed by atoms with Gasteiger partial charge in [-0.2, -0.15) is 0 Å². The van der Waals surface area contributed by atoms with Gasteiger partial charge in [0.25, 0.3) is 0 Å². The van der Waals surface area contributed by atoms with E-state index >= 15 is 0 Å². The summed E-state index contributed by atoms with van der Waals surface area (Å²) in [5, 5.41) is 0. The van der Waals surface area contributed by atoms with Crippen molar-refractivity contribution in [3.8, 4) is 0 Å². The lowest BCUT2D eigenvalue weighted by atomic mass is 9.88. The highest BCUT2D eigenvalue weighted by Gasteiger charge is 2.44. The van der Waals surface area contributed by atoms with Crippen molar-refractivity contribution in [1.82, 2.24) is 14.9 Å². The summed E-state index contributed by atoms with van der Waals surface area (Å²) in [5.74, 6) is 0.787. The van der Waals surface area contributed by atoms with Crippen LogP contribution >= 0.6 is 11.3 Å². The van der Waals surface area contributed by atoms with Gasteiger partial charge in [0.2, 0.25) is 5.95 Å². The Bertz CT molecular complexity index is 706. The minimum absolute atomic E-state index is 0.00173. The van der Waals surface area contributed by atoms with Crippen LogP contribution in [-0.4, -0.2) is 53.3 Å². The molecule has 0 N–H and O–H groups in total. The number of aryl methyl sites for hydroxylation is 1. The molecule has 2 aliphatic rings. The molecule has 134 valence electrons. The predicted octanol–water partition coefficient (Wildman–Crippen LogP) is 3.11. The molecule has 0 aliphatic carbocycles. The third kappa shape index (κ3) is 3.71. The molecule has 4 rings (SSSR count). The summed E-state index contributed by atoms with van der Waals surface area (Å²) >= 11 is 1.91. The van der Waals surface area contributed by atoms with Crippen LogP contribution in [0.15, 0.2) is 30.6 Å². The first-order valence-electron chi connectivity index (χ1n) is 9.05. The Balaban J connectivity index is 1.40. The van der Waals surface area contributed by atoms with Gasteiger partial charge in [0.1, 0.15) is 0 Å². The molecule has 25 heavy (non-hydrogen) atoms. The zero-order valence-corrected chi connectivity index (χ0v) is 15.8. The van der Waals surface area contributed by atoms with Crippen molar-refractivity contribution in [2.24, 2.45) is 0 Å². The topological polar surface area (TPSA) is 41.5 Å². The van der Waals surface area contributed by atoms with Crippen molar-refractivity contribution in [2.45, 2.75) is 44.4 Å². The molecule has 0 saturated carbocycles. The zero-order valence-electron chi connectivity index (χ0n) is 15.0. The smallest absolute Gasteiger partial charge is 0.225 e. The number of hydrogen-bond acceptors (Lipinski definition) is 6. The van der Waals surface area contributed by atoms with Crippen molar-refractivity contribution >= 4 is 17.3 Å². The summed E-state index contributed by atoms with van der Waals surface area (Å²) in [5.41, 5.74) is -0.00173. The Labute approximate surface area is 153 Å². The number of piperidine rings is 1. The normalized spacial score (nSPS) is 27.0. The van der Waals surface area contributed by atoms with E-state index in [1.54, 1.807) is 12.4 Å². The Morgan fingerprint density at radius 2 is 2.20 bits per heavy atom. The lowest BCUT2D eigenvalue weighted by Gasteiger charge is -2.39. The van der Waals surface area contributed by atoms with Crippen LogP contribution in [0.4, 0.5) is 5.95 Å². The summed E-state index contributed by atoms with van der Waals surface area (Å²) in [6.45, 7) is 6.19. The van der Waals surface area contributed by atoms with E-state index < -0.39 is 0 Å². The van der Waals surface area contributed by atoms with Gasteiger partial charge in [0.15, 0.2) is 0 Å². The largest absolute Gasteiger partial charge is 0.371 e. The zero-order chi connectivity index (χ0) is 17.3. The van der Waals surface area contributed by atoms with E-state index in [0.717, 1.165) is 38.5 Å². The molecular weight excluding hydrogens is 332 g/mol. The van der Waals surface area contributed by atoms with Gasteiger partial charge in [0, 0.05) is 48.7 Å². The number of likely N-dealkylation sites (tertiary alicyclic amines) is 1. The van der Waals surface area contributed by atoms with E-state index in [9.17, 15) is 0 Å². The number of likely N-dealkylation sites (N-methyl/N-ethyl adjacent to an activating group) is 1. The second-order valence-electron chi connectivity index (χ2n) is 7.34. The Hall–Kier alpha value is -1.50. The second kappa shape index (κ2) is 7.02. The minimum atomic E-state index is -0.00173. The van der Waals surface area contributed by atoms with Crippen LogP contribution in [0.25, 0.3) is 0 Å². The van der Waals surface area contributed by atoms with Crippen LogP contribution in [0.1, 0.15) is 29.0 Å². The first-order valence-corrected chi connectivity index (χ1v) is 9.87. The molecule has 5 nitrogen and oxygen atoms in total. The Morgan fingerprint density at radius 3 is 2.96 bits per heavy atom. The van der Waals surface area contributed by atoms with Gasteiger partial charge < -0.3 is 9.64 Å². The number of anilines is 1. The summed E-state index contributed by atoms with van der Waals surface area (Å²) in [6.07, 6.45) is 7.03. The molecule has 2 aromatic rings. The molecule has 0 bridgehead atoms. The van der Waals surface area contributed by atoms with Crippen molar-refractivity contribution in [3.63, 3.8) is 0 Å². The Kier molecular flexibility index (Phi) is 4.75. The SMILES string of the molecule is Cc1ccc(CN2CCC[C@]3(C[C@@H](N(C)c4ncccn4)CO3)C2)s1. The molecule has 6 heteroatoms. The van der Waals surface area contributed by atoms with Crippen molar-refractivity contribution in [3.05, 3.63) is 40.3 Å². The lowest BCUT2D eigenvalue weighted by Crippen LogP contribution is -2.48. The van der Waals surface area contributed by atoms with Crippen LogP contribution in [0, 0.1) is 6.92 Å². The molecule has 2 aromatic heterocycles. The average Bonchev–Trinajstić information content (AvgIpc) is 3.22. The number of hydrogen-bond donors (Lipinski definition) is 0. The van der Waals surface area contributed by atoms with Crippen molar-refractivity contribution in [1.29, 1.82) is 0 Å². The summed E-state index contributed by atoms with van der Waals surface area (Å²) in [7, 11) is 2.08. The number of thiophene rings is 1. The number of nitrogens with zero attached hydrogens (tertiary/aromatic N) is 4. The van der Waals surface area contributed by atoms with Gasteiger partial charge in [-0.15, -0.1) is 11.3 Å².